The first-order chi connectivity index (χ1) is 12.2. The van der Waals surface area contributed by atoms with Crippen molar-refractivity contribution in [2.75, 3.05) is 5.75 Å². The average Bonchev–Trinajstić information content (AvgIpc) is 2.58. The largest absolute Gasteiger partial charge is 0.300 e. The van der Waals surface area contributed by atoms with Crippen LogP contribution in [0.2, 0.25) is 0 Å². The van der Waals surface area contributed by atoms with Gasteiger partial charge in [-0.3, -0.25) is 4.79 Å². The summed E-state index contributed by atoms with van der Waals surface area (Å²) in [6.07, 6.45) is 4.06. The van der Waals surface area contributed by atoms with Crippen LogP contribution in [0, 0.1) is 0 Å². The number of rotatable bonds is 9. The summed E-state index contributed by atoms with van der Waals surface area (Å²) in [5.41, 5.74) is 1.19. The number of aryl methyl sites for hydroxylation is 1. The lowest BCUT2D eigenvalue weighted by molar-refractivity contribution is -0.119. The van der Waals surface area contributed by atoms with Crippen molar-refractivity contribution in [2.24, 2.45) is 0 Å². The maximum Gasteiger partial charge on any atom is 0.155 e. The van der Waals surface area contributed by atoms with E-state index in [-0.39, 0.29) is 11.5 Å². The SMILES string of the molecule is CC(C)(C)S(=O)(=O)CCCCCC(=O)CCc1ccc2ccccc2c1. The van der Waals surface area contributed by atoms with Crippen molar-refractivity contribution in [2.45, 2.75) is 64.0 Å². The summed E-state index contributed by atoms with van der Waals surface area (Å²) in [5.74, 6) is 0.471. The number of hydrogen-bond acceptors (Lipinski definition) is 3. The van der Waals surface area contributed by atoms with Crippen LogP contribution in [0.4, 0.5) is 0 Å². The molecule has 0 unspecified atom stereocenters. The second-order valence-electron chi connectivity index (χ2n) is 7.96. The molecule has 3 nitrogen and oxygen atoms in total. The highest BCUT2D eigenvalue weighted by atomic mass is 32.2. The van der Waals surface area contributed by atoms with Crippen LogP contribution in [0.25, 0.3) is 10.8 Å². The van der Waals surface area contributed by atoms with E-state index in [1.807, 2.05) is 12.1 Å². The van der Waals surface area contributed by atoms with Gasteiger partial charge in [-0.05, 0) is 56.4 Å². The molecule has 0 aliphatic carbocycles. The Morgan fingerprint density at radius 2 is 1.58 bits per heavy atom. The zero-order chi connectivity index (χ0) is 19.2. The Morgan fingerprint density at radius 3 is 2.27 bits per heavy atom. The van der Waals surface area contributed by atoms with Crippen molar-refractivity contribution < 1.29 is 13.2 Å². The van der Waals surface area contributed by atoms with Gasteiger partial charge in [0.15, 0.2) is 9.84 Å². The Labute approximate surface area is 157 Å². The second kappa shape index (κ2) is 8.81. The number of carbonyl (C=O) groups excluding carboxylic acids is 1. The van der Waals surface area contributed by atoms with Crippen LogP contribution in [0.1, 0.15) is 58.4 Å². The van der Waals surface area contributed by atoms with Crippen LogP contribution >= 0.6 is 0 Å². The maximum atomic E-state index is 12.1. The zero-order valence-electron chi connectivity index (χ0n) is 16.1. The van der Waals surface area contributed by atoms with Crippen LogP contribution in [0.15, 0.2) is 42.5 Å². The molecule has 0 heterocycles. The number of Topliss-reactive ketones (excluding diaryl/α,β-unsaturated/α-hetero) is 1. The first-order valence-corrected chi connectivity index (χ1v) is 11.1. The van der Waals surface area contributed by atoms with E-state index >= 15 is 0 Å². The molecule has 0 aromatic heterocycles. The summed E-state index contributed by atoms with van der Waals surface area (Å²) in [7, 11) is -3.05. The minimum Gasteiger partial charge on any atom is -0.300 e. The quantitative estimate of drug-likeness (QED) is 0.573. The van der Waals surface area contributed by atoms with Gasteiger partial charge in [0.05, 0.1) is 10.5 Å². The van der Waals surface area contributed by atoms with Crippen molar-refractivity contribution in [3.05, 3.63) is 48.0 Å². The summed E-state index contributed by atoms with van der Waals surface area (Å²) in [4.78, 5) is 12.1. The molecule has 142 valence electrons. The second-order valence-corrected chi connectivity index (χ2v) is 10.8. The molecule has 26 heavy (non-hydrogen) atoms. The predicted molar refractivity (Wildman–Crippen MR) is 109 cm³/mol. The normalized spacial score (nSPS) is 12.4. The molecular weight excluding hydrogens is 344 g/mol. The number of benzene rings is 2. The molecule has 0 N–H and O–H groups in total. The van der Waals surface area contributed by atoms with Gasteiger partial charge >= 0.3 is 0 Å². The van der Waals surface area contributed by atoms with E-state index in [9.17, 15) is 13.2 Å². The molecule has 0 fully saturated rings. The van der Waals surface area contributed by atoms with E-state index in [2.05, 4.69) is 30.3 Å². The van der Waals surface area contributed by atoms with E-state index in [1.165, 1.54) is 16.3 Å². The number of hydrogen-bond donors (Lipinski definition) is 0. The number of fused-ring (bicyclic) bond motifs is 1. The van der Waals surface area contributed by atoms with Crippen LogP contribution < -0.4 is 0 Å². The Bertz CT molecular complexity index is 845. The Hall–Kier alpha value is -1.68. The van der Waals surface area contributed by atoms with Crippen LogP contribution in [0.3, 0.4) is 0 Å². The van der Waals surface area contributed by atoms with Gasteiger partial charge in [-0.1, -0.05) is 48.9 Å². The minimum absolute atomic E-state index is 0.210. The molecule has 0 radical (unpaired) electrons. The lowest BCUT2D eigenvalue weighted by atomic mass is 10.0. The highest BCUT2D eigenvalue weighted by Crippen LogP contribution is 2.19. The van der Waals surface area contributed by atoms with E-state index in [0.717, 1.165) is 19.3 Å². The van der Waals surface area contributed by atoms with Gasteiger partial charge < -0.3 is 0 Å². The molecule has 0 aliphatic rings. The van der Waals surface area contributed by atoms with Gasteiger partial charge in [-0.2, -0.15) is 0 Å². The molecular formula is C22H30O3S. The minimum atomic E-state index is -3.05. The van der Waals surface area contributed by atoms with Gasteiger partial charge in [-0.15, -0.1) is 0 Å². The van der Waals surface area contributed by atoms with Gasteiger partial charge in [-0.25, -0.2) is 8.42 Å². The van der Waals surface area contributed by atoms with E-state index in [0.29, 0.717) is 19.3 Å². The van der Waals surface area contributed by atoms with Crippen LogP contribution in [0.5, 0.6) is 0 Å². The van der Waals surface area contributed by atoms with E-state index < -0.39 is 14.6 Å². The van der Waals surface area contributed by atoms with Gasteiger partial charge in [0.25, 0.3) is 0 Å². The lowest BCUT2D eigenvalue weighted by Crippen LogP contribution is -2.30. The topological polar surface area (TPSA) is 51.2 Å². The molecule has 0 amide bonds. The molecule has 0 atom stereocenters. The maximum absolute atomic E-state index is 12.1. The molecule has 2 rings (SSSR count). The molecule has 2 aromatic rings. The Morgan fingerprint density at radius 1 is 0.885 bits per heavy atom. The van der Waals surface area contributed by atoms with Gasteiger partial charge in [0.1, 0.15) is 5.78 Å². The molecule has 4 heteroatoms. The smallest absolute Gasteiger partial charge is 0.155 e. The molecule has 0 saturated heterocycles. The van der Waals surface area contributed by atoms with E-state index in [1.54, 1.807) is 20.8 Å². The van der Waals surface area contributed by atoms with E-state index in [4.69, 9.17) is 0 Å². The molecule has 2 aromatic carbocycles. The van der Waals surface area contributed by atoms with Crippen molar-refractivity contribution >= 4 is 26.4 Å². The summed E-state index contributed by atoms with van der Waals surface area (Å²) in [6.45, 7) is 5.20. The lowest BCUT2D eigenvalue weighted by Gasteiger charge is -2.18. The Kier molecular flexibility index (Phi) is 6.99. The average molecular weight is 375 g/mol. The highest BCUT2D eigenvalue weighted by Gasteiger charge is 2.27. The standard InChI is InChI=1S/C22H30O3S/c1-22(2,3)26(24,25)16-8-4-5-11-21(23)15-13-18-12-14-19-9-6-7-10-20(19)17-18/h6-7,9-10,12,14,17H,4-5,8,11,13,15-16H2,1-3H3. The first-order valence-electron chi connectivity index (χ1n) is 9.41. The number of sulfone groups is 1. The highest BCUT2D eigenvalue weighted by molar-refractivity contribution is 7.92. The fourth-order valence-electron chi connectivity index (χ4n) is 2.90. The first kappa shape index (κ1) is 20.6. The molecule has 0 saturated carbocycles. The number of unbranched alkanes of at least 4 members (excludes halogenated alkanes) is 2. The summed E-state index contributed by atoms with van der Waals surface area (Å²) in [5, 5.41) is 2.42. The number of ketones is 1. The van der Waals surface area contributed by atoms with Gasteiger partial charge in [0.2, 0.25) is 0 Å². The van der Waals surface area contributed by atoms with Crippen molar-refractivity contribution in [1.29, 1.82) is 0 Å². The fourth-order valence-corrected chi connectivity index (χ4v) is 4.10. The molecule has 0 aliphatic heterocycles. The molecule has 0 bridgehead atoms. The van der Waals surface area contributed by atoms with Crippen molar-refractivity contribution in [3.8, 4) is 0 Å². The fraction of sp³-hybridized carbons (Fsp3) is 0.500. The third-order valence-corrected chi connectivity index (χ3v) is 7.50. The van der Waals surface area contributed by atoms with Crippen LogP contribution in [-0.4, -0.2) is 24.7 Å². The van der Waals surface area contributed by atoms with Gasteiger partial charge in [0, 0.05) is 12.8 Å². The van der Waals surface area contributed by atoms with Crippen molar-refractivity contribution in [1.82, 2.24) is 0 Å². The Balaban J connectivity index is 1.69. The predicted octanol–water partition coefficient (Wildman–Crippen LogP) is 5.12. The van der Waals surface area contributed by atoms with Crippen LogP contribution in [-0.2, 0) is 21.1 Å². The summed E-state index contributed by atoms with van der Waals surface area (Å²) >= 11 is 0. The summed E-state index contributed by atoms with van der Waals surface area (Å²) in [6, 6.07) is 14.6. The third-order valence-electron chi connectivity index (χ3n) is 4.81. The molecule has 0 spiro atoms. The monoisotopic (exact) mass is 374 g/mol. The van der Waals surface area contributed by atoms with Crippen molar-refractivity contribution in [3.63, 3.8) is 0 Å². The summed E-state index contributed by atoms with van der Waals surface area (Å²) < 4.78 is 23.4. The zero-order valence-corrected chi connectivity index (χ0v) is 16.9. The third kappa shape index (κ3) is 5.94. The number of carbonyl (C=O) groups is 1.